The molecule has 0 saturated heterocycles. The van der Waals surface area contributed by atoms with E-state index in [1.807, 2.05) is 24.3 Å². The van der Waals surface area contributed by atoms with Crippen LogP contribution in [0.1, 0.15) is 64.9 Å². The molecule has 0 heterocycles. The largest absolute Gasteiger partial charge is 0.444 e. The number of ether oxygens (including phenoxy) is 1. The van der Waals surface area contributed by atoms with Crippen molar-refractivity contribution in [1.82, 2.24) is 10.6 Å². The molecule has 0 bridgehead atoms. The molecule has 31 heavy (non-hydrogen) atoms. The minimum absolute atomic E-state index is 0.103. The predicted molar refractivity (Wildman–Crippen MR) is 121 cm³/mol. The van der Waals surface area contributed by atoms with Crippen LogP contribution in [0.2, 0.25) is 0 Å². The van der Waals surface area contributed by atoms with E-state index in [9.17, 15) is 14.4 Å². The van der Waals surface area contributed by atoms with E-state index in [-0.39, 0.29) is 24.8 Å². The second kappa shape index (κ2) is 12.1. The van der Waals surface area contributed by atoms with Gasteiger partial charge in [0.25, 0.3) is 0 Å². The Morgan fingerprint density at radius 1 is 1.10 bits per heavy atom. The fourth-order valence-corrected chi connectivity index (χ4v) is 3.37. The lowest BCUT2D eigenvalue weighted by Gasteiger charge is -2.19. The average Bonchev–Trinajstić information content (AvgIpc) is 2.70. The van der Waals surface area contributed by atoms with Crippen LogP contribution in [0, 0.1) is 5.92 Å². The molecule has 1 aliphatic rings. The van der Waals surface area contributed by atoms with Crippen molar-refractivity contribution in [3.8, 4) is 0 Å². The molecule has 170 valence electrons. The zero-order valence-electron chi connectivity index (χ0n) is 18.8. The number of rotatable bonds is 8. The number of hydrogen-bond donors (Lipinski definition) is 3. The molecule has 2 rings (SSSR count). The van der Waals surface area contributed by atoms with E-state index >= 15 is 0 Å². The van der Waals surface area contributed by atoms with Gasteiger partial charge in [0, 0.05) is 25.2 Å². The third-order valence-electron chi connectivity index (χ3n) is 4.87. The fraction of sp³-hybridized carbons (Fsp3) is 0.542. The van der Waals surface area contributed by atoms with E-state index in [0.29, 0.717) is 18.2 Å². The highest BCUT2D eigenvalue weighted by molar-refractivity contribution is 5.91. The Balaban J connectivity index is 1.71. The van der Waals surface area contributed by atoms with Crippen LogP contribution in [0.5, 0.6) is 0 Å². The molecule has 3 amide bonds. The minimum atomic E-state index is -0.576. The summed E-state index contributed by atoms with van der Waals surface area (Å²) < 4.78 is 5.13. The summed E-state index contributed by atoms with van der Waals surface area (Å²) in [6.07, 6.45) is 9.36. The average molecular weight is 430 g/mol. The van der Waals surface area contributed by atoms with Gasteiger partial charge in [-0.1, -0.05) is 37.5 Å². The van der Waals surface area contributed by atoms with Crippen LogP contribution >= 0.6 is 0 Å². The normalized spacial score (nSPS) is 14.8. The maximum absolute atomic E-state index is 12.1. The van der Waals surface area contributed by atoms with E-state index in [4.69, 9.17) is 4.74 Å². The van der Waals surface area contributed by atoms with Crippen molar-refractivity contribution < 1.29 is 19.1 Å². The van der Waals surface area contributed by atoms with Crippen molar-refractivity contribution in [1.29, 1.82) is 0 Å². The smallest absolute Gasteiger partial charge is 0.407 e. The molecule has 1 aromatic rings. The molecule has 3 N–H and O–H groups in total. The van der Waals surface area contributed by atoms with Crippen LogP contribution in [-0.4, -0.2) is 30.1 Å². The third kappa shape index (κ3) is 10.7. The zero-order valence-corrected chi connectivity index (χ0v) is 18.8. The second-order valence-electron chi connectivity index (χ2n) is 8.90. The molecule has 7 heteroatoms. The summed E-state index contributed by atoms with van der Waals surface area (Å²) in [5, 5.41) is 8.25. The van der Waals surface area contributed by atoms with Gasteiger partial charge in [-0.25, -0.2) is 4.79 Å². The van der Waals surface area contributed by atoms with Gasteiger partial charge >= 0.3 is 6.09 Å². The number of carbonyl (C=O) groups excluding carboxylic acids is 3. The Morgan fingerprint density at radius 3 is 2.55 bits per heavy atom. The summed E-state index contributed by atoms with van der Waals surface area (Å²) in [7, 11) is 0. The maximum Gasteiger partial charge on any atom is 0.407 e. The zero-order chi connectivity index (χ0) is 22.7. The number of carbonyl (C=O) groups is 3. The molecule has 0 atom stereocenters. The van der Waals surface area contributed by atoms with Crippen molar-refractivity contribution in [2.75, 3.05) is 11.9 Å². The first-order valence-electron chi connectivity index (χ1n) is 11.0. The van der Waals surface area contributed by atoms with E-state index < -0.39 is 11.7 Å². The van der Waals surface area contributed by atoms with E-state index in [0.717, 1.165) is 5.56 Å². The second-order valence-corrected chi connectivity index (χ2v) is 8.90. The Morgan fingerprint density at radius 2 is 1.84 bits per heavy atom. The first kappa shape index (κ1) is 24.4. The van der Waals surface area contributed by atoms with Gasteiger partial charge in [-0.15, -0.1) is 0 Å². The molecule has 1 fully saturated rings. The van der Waals surface area contributed by atoms with Crippen molar-refractivity contribution in [3.63, 3.8) is 0 Å². The first-order valence-corrected chi connectivity index (χ1v) is 11.0. The molecular formula is C24H35N3O4. The Kier molecular flexibility index (Phi) is 9.56. The summed E-state index contributed by atoms with van der Waals surface area (Å²) in [6.45, 7) is 5.91. The molecule has 0 spiro atoms. The molecule has 0 radical (unpaired) electrons. The summed E-state index contributed by atoms with van der Waals surface area (Å²) in [6, 6.07) is 7.33. The minimum Gasteiger partial charge on any atom is -0.444 e. The number of hydrogen-bond acceptors (Lipinski definition) is 4. The standard InChI is InChI=1S/C24H35N3O4/c1-24(2,3)31-23(30)25-15-14-22(29)27-20-11-7-10-19(16-20)17-26-21(28)13-12-18-8-5-4-6-9-18/h7,10-13,16,18H,4-6,8-9,14-15,17H2,1-3H3,(H,25,30)(H,26,28)(H,27,29)/b13-12+. The molecular weight excluding hydrogens is 394 g/mol. The van der Waals surface area contributed by atoms with Gasteiger partial charge in [0.1, 0.15) is 5.60 Å². The number of benzene rings is 1. The van der Waals surface area contributed by atoms with Crippen LogP contribution in [0.4, 0.5) is 10.5 Å². The molecule has 0 aliphatic heterocycles. The number of anilines is 1. The molecule has 1 aromatic carbocycles. The monoisotopic (exact) mass is 429 g/mol. The molecule has 1 aliphatic carbocycles. The Hall–Kier alpha value is -2.83. The van der Waals surface area contributed by atoms with Crippen molar-refractivity contribution in [3.05, 3.63) is 42.0 Å². The first-order chi connectivity index (χ1) is 14.7. The van der Waals surface area contributed by atoms with E-state index in [1.54, 1.807) is 32.9 Å². The van der Waals surface area contributed by atoms with Crippen molar-refractivity contribution >= 4 is 23.6 Å². The van der Waals surface area contributed by atoms with Crippen molar-refractivity contribution in [2.45, 2.75) is 71.4 Å². The van der Waals surface area contributed by atoms with Crippen molar-refractivity contribution in [2.24, 2.45) is 5.92 Å². The summed E-state index contributed by atoms with van der Waals surface area (Å²) in [5.74, 6) is 0.198. The van der Waals surface area contributed by atoms with Crippen LogP contribution in [-0.2, 0) is 20.9 Å². The van der Waals surface area contributed by atoms with Gasteiger partial charge in [-0.3, -0.25) is 9.59 Å². The van der Waals surface area contributed by atoms with Crippen LogP contribution in [0.3, 0.4) is 0 Å². The quantitative estimate of drug-likeness (QED) is 0.537. The lowest BCUT2D eigenvalue weighted by Crippen LogP contribution is -2.34. The molecule has 7 nitrogen and oxygen atoms in total. The van der Waals surface area contributed by atoms with Crippen LogP contribution < -0.4 is 16.0 Å². The summed E-state index contributed by atoms with van der Waals surface area (Å²) in [4.78, 5) is 35.8. The van der Waals surface area contributed by atoms with Crippen LogP contribution in [0.25, 0.3) is 0 Å². The number of allylic oxidation sites excluding steroid dienone is 1. The summed E-state index contributed by atoms with van der Waals surface area (Å²) in [5.41, 5.74) is 0.962. The molecule has 0 unspecified atom stereocenters. The van der Waals surface area contributed by atoms with E-state index in [1.165, 1.54) is 32.1 Å². The highest BCUT2D eigenvalue weighted by Gasteiger charge is 2.16. The molecule has 1 saturated carbocycles. The Labute approximate surface area is 185 Å². The summed E-state index contributed by atoms with van der Waals surface area (Å²) >= 11 is 0. The van der Waals surface area contributed by atoms with Gasteiger partial charge < -0.3 is 20.7 Å². The highest BCUT2D eigenvalue weighted by Crippen LogP contribution is 2.24. The van der Waals surface area contributed by atoms with Gasteiger partial charge in [0.05, 0.1) is 0 Å². The van der Waals surface area contributed by atoms with E-state index in [2.05, 4.69) is 16.0 Å². The number of alkyl carbamates (subject to hydrolysis) is 1. The fourth-order valence-electron chi connectivity index (χ4n) is 3.37. The number of nitrogens with one attached hydrogen (secondary N) is 3. The lowest BCUT2D eigenvalue weighted by atomic mass is 9.89. The lowest BCUT2D eigenvalue weighted by molar-refractivity contribution is -0.117. The Bertz CT molecular complexity index is 777. The van der Waals surface area contributed by atoms with Gasteiger partial charge in [0.2, 0.25) is 11.8 Å². The topological polar surface area (TPSA) is 96.5 Å². The SMILES string of the molecule is CC(C)(C)OC(=O)NCCC(=O)Nc1cccc(CNC(=O)/C=C/C2CCCCC2)c1. The van der Waals surface area contributed by atoms with Gasteiger partial charge in [-0.05, 0) is 63.3 Å². The number of amides is 3. The predicted octanol–water partition coefficient (Wildman–Crippen LogP) is 4.29. The highest BCUT2D eigenvalue weighted by atomic mass is 16.6. The van der Waals surface area contributed by atoms with Gasteiger partial charge in [-0.2, -0.15) is 0 Å². The van der Waals surface area contributed by atoms with Gasteiger partial charge in [0.15, 0.2) is 0 Å². The maximum atomic E-state index is 12.1. The molecule has 0 aromatic heterocycles. The third-order valence-corrected chi connectivity index (χ3v) is 4.87. The van der Waals surface area contributed by atoms with Crippen LogP contribution in [0.15, 0.2) is 36.4 Å².